The maximum Gasteiger partial charge on any atom is 0.270 e. The van der Waals surface area contributed by atoms with Crippen molar-refractivity contribution in [1.82, 2.24) is 5.32 Å². The van der Waals surface area contributed by atoms with Crippen molar-refractivity contribution >= 4 is 23.0 Å². The predicted octanol–water partition coefficient (Wildman–Crippen LogP) is 4.20. The number of thiocarbonyl (C=S) groups is 1. The van der Waals surface area contributed by atoms with Crippen LogP contribution in [-0.2, 0) is 13.0 Å². The number of pyridine rings is 1. The molecule has 6 heteroatoms. The molecule has 0 fully saturated rings. The molecule has 0 radical (unpaired) electrons. The standard InChI is InChI=1S/C22H21FN2O2S/c1-2-4-16-10-12-25(13-11-16)20(21(26)17-6-8-18(23)9-7-17)22(28)24-15-19-5-3-14-27-19/h3,5-14,20H,2,4,15H2,1H3/p+1/t20-/m1/s1. The maximum atomic E-state index is 13.3. The Hall–Kier alpha value is -2.86. The molecule has 1 N–H and O–H groups in total. The number of aryl methyl sites for hydroxylation is 1. The molecular formula is C22H22FN2O2S+. The molecule has 2 heterocycles. The number of nitrogens with zero attached hydrogens (tertiary/aromatic N) is 1. The van der Waals surface area contributed by atoms with Crippen LogP contribution in [0.4, 0.5) is 4.39 Å². The van der Waals surface area contributed by atoms with Crippen LogP contribution in [0.3, 0.4) is 0 Å². The molecule has 28 heavy (non-hydrogen) atoms. The second-order valence-electron chi connectivity index (χ2n) is 6.47. The smallest absolute Gasteiger partial charge is 0.270 e. The summed E-state index contributed by atoms with van der Waals surface area (Å²) in [5, 5.41) is 3.11. The molecule has 144 valence electrons. The first-order chi connectivity index (χ1) is 13.6. The summed E-state index contributed by atoms with van der Waals surface area (Å²) in [4.78, 5) is 13.5. The van der Waals surface area contributed by atoms with Crippen LogP contribution in [0.2, 0.25) is 0 Å². The van der Waals surface area contributed by atoms with Crippen LogP contribution in [-0.4, -0.2) is 10.8 Å². The van der Waals surface area contributed by atoms with Crippen LogP contribution in [0.25, 0.3) is 0 Å². The molecule has 0 spiro atoms. The zero-order valence-electron chi connectivity index (χ0n) is 15.6. The Balaban J connectivity index is 1.86. The summed E-state index contributed by atoms with van der Waals surface area (Å²) in [6.45, 7) is 2.50. The van der Waals surface area contributed by atoms with Crippen molar-refractivity contribution in [3.8, 4) is 0 Å². The molecular weight excluding hydrogens is 375 g/mol. The van der Waals surface area contributed by atoms with Crippen LogP contribution >= 0.6 is 12.2 Å². The third-order valence-electron chi connectivity index (χ3n) is 4.40. The Kier molecular flexibility index (Phi) is 6.66. The molecule has 0 aliphatic rings. The summed E-state index contributed by atoms with van der Waals surface area (Å²) in [7, 11) is 0. The summed E-state index contributed by atoms with van der Waals surface area (Å²) in [6, 6.07) is 12.4. The van der Waals surface area contributed by atoms with Gasteiger partial charge in [-0.15, -0.1) is 0 Å². The first kappa shape index (κ1) is 19.9. The van der Waals surface area contributed by atoms with Gasteiger partial charge in [0.25, 0.3) is 6.04 Å². The highest BCUT2D eigenvalue weighted by Gasteiger charge is 2.33. The van der Waals surface area contributed by atoms with Crippen molar-refractivity contribution in [2.45, 2.75) is 32.4 Å². The quantitative estimate of drug-likeness (QED) is 0.352. The number of ketones is 1. The molecule has 0 saturated carbocycles. The van der Waals surface area contributed by atoms with Crippen molar-refractivity contribution in [3.63, 3.8) is 0 Å². The van der Waals surface area contributed by atoms with Gasteiger partial charge in [0, 0.05) is 17.7 Å². The molecule has 2 aromatic heterocycles. The van der Waals surface area contributed by atoms with Crippen LogP contribution in [0.15, 0.2) is 71.6 Å². The van der Waals surface area contributed by atoms with E-state index in [1.54, 1.807) is 16.9 Å². The van der Waals surface area contributed by atoms with Crippen molar-refractivity contribution < 1.29 is 18.2 Å². The highest BCUT2D eigenvalue weighted by molar-refractivity contribution is 7.80. The van der Waals surface area contributed by atoms with Gasteiger partial charge in [0.15, 0.2) is 17.4 Å². The van der Waals surface area contributed by atoms with Gasteiger partial charge in [0.2, 0.25) is 5.78 Å². The van der Waals surface area contributed by atoms with E-state index in [0.29, 0.717) is 17.1 Å². The van der Waals surface area contributed by atoms with Crippen molar-refractivity contribution in [3.05, 3.63) is 89.9 Å². The molecule has 0 amide bonds. The van der Waals surface area contributed by atoms with Crippen LogP contribution in [0.1, 0.15) is 41.1 Å². The zero-order valence-corrected chi connectivity index (χ0v) is 16.4. The van der Waals surface area contributed by atoms with Gasteiger partial charge in [-0.3, -0.25) is 4.79 Å². The predicted molar refractivity (Wildman–Crippen MR) is 109 cm³/mol. The number of nitrogens with one attached hydrogen (secondary N) is 1. The number of hydrogen-bond acceptors (Lipinski definition) is 3. The number of carbonyl (C=O) groups is 1. The first-order valence-electron chi connectivity index (χ1n) is 9.18. The number of rotatable bonds is 8. The van der Waals surface area contributed by atoms with E-state index in [9.17, 15) is 9.18 Å². The molecule has 1 aromatic carbocycles. The SMILES string of the molecule is CCCc1cc[n+]([C@H](C(=O)c2ccc(F)cc2)C(=S)NCc2ccco2)cc1. The third-order valence-corrected chi connectivity index (χ3v) is 4.77. The van der Waals surface area contributed by atoms with Crippen molar-refractivity contribution in [2.24, 2.45) is 0 Å². The molecule has 3 rings (SSSR count). The minimum Gasteiger partial charge on any atom is -0.467 e. The monoisotopic (exact) mass is 397 g/mol. The average Bonchev–Trinajstić information content (AvgIpc) is 3.22. The van der Waals surface area contributed by atoms with E-state index in [-0.39, 0.29) is 11.6 Å². The van der Waals surface area contributed by atoms with Crippen LogP contribution in [0.5, 0.6) is 0 Å². The van der Waals surface area contributed by atoms with E-state index >= 15 is 0 Å². The van der Waals surface area contributed by atoms with Gasteiger partial charge in [-0.1, -0.05) is 25.6 Å². The normalized spacial score (nSPS) is 11.8. The summed E-state index contributed by atoms with van der Waals surface area (Å²) in [6.07, 6.45) is 7.32. The molecule has 0 bridgehead atoms. The fourth-order valence-corrected chi connectivity index (χ4v) is 3.24. The lowest BCUT2D eigenvalue weighted by molar-refractivity contribution is -0.692. The van der Waals surface area contributed by atoms with E-state index in [2.05, 4.69) is 12.2 Å². The second kappa shape index (κ2) is 9.37. The molecule has 1 atom stereocenters. The van der Waals surface area contributed by atoms with Gasteiger partial charge < -0.3 is 9.73 Å². The lowest BCUT2D eigenvalue weighted by atomic mass is 10.0. The summed E-state index contributed by atoms with van der Waals surface area (Å²) in [5.41, 5.74) is 1.60. The van der Waals surface area contributed by atoms with E-state index in [0.717, 1.165) is 18.6 Å². The van der Waals surface area contributed by atoms with Gasteiger partial charge in [0.05, 0.1) is 12.8 Å². The van der Waals surface area contributed by atoms with Crippen molar-refractivity contribution in [2.75, 3.05) is 0 Å². The first-order valence-corrected chi connectivity index (χ1v) is 9.59. The topological polar surface area (TPSA) is 46.1 Å². The molecule has 4 nitrogen and oxygen atoms in total. The van der Waals surface area contributed by atoms with E-state index in [1.807, 2.05) is 30.6 Å². The van der Waals surface area contributed by atoms with Gasteiger partial charge in [-0.25, -0.2) is 4.39 Å². The van der Waals surface area contributed by atoms with Crippen molar-refractivity contribution in [1.29, 1.82) is 0 Å². The Morgan fingerprint density at radius 2 is 1.89 bits per heavy atom. The highest BCUT2D eigenvalue weighted by atomic mass is 32.1. The number of halogens is 1. The second-order valence-corrected chi connectivity index (χ2v) is 6.91. The number of carbonyl (C=O) groups excluding carboxylic acids is 1. The Labute approximate surface area is 169 Å². The third kappa shape index (κ3) is 4.89. The number of benzene rings is 1. The molecule has 0 saturated heterocycles. The van der Waals surface area contributed by atoms with E-state index in [1.165, 1.54) is 29.8 Å². The average molecular weight is 397 g/mol. The van der Waals surface area contributed by atoms with Crippen LogP contribution < -0.4 is 9.88 Å². The highest BCUT2D eigenvalue weighted by Crippen LogP contribution is 2.13. The fraction of sp³-hybridized carbons (Fsp3) is 0.227. The lowest BCUT2D eigenvalue weighted by Crippen LogP contribution is -2.51. The fourth-order valence-electron chi connectivity index (χ4n) is 2.94. The van der Waals surface area contributed by atoms with E-state index < -0.39 is 6.04 Å². The summed E-state index contributed by atoms with van der Waals surface area (Å²) >= 11 is 5.55. The van der Waals surface area contributed by atoms with E-state index in [4.69, 9.17) is 16.6 Å². The Morgan fingerprint density at radius 1 is 1.18 bits per heavy atom. The summed E-state index contributed by atoms with van der Waals surface area (Å²) in [5.74, 6) is 0.131. The van der Waals surface area contributed by atoms with Gasteiger partial charge >= 0.3 is 0 Å². The van der Waals surface area contributed by atoms with Gasteiger partial charge in [-0.05, 0) is 48.4 Å². The number of aromatic nitrogens is 1. The largest absolute Gasteiger partial charge is 0.467 e. The lowest BCUT2D eigenvalue weighted by Gasteiger charge is -2.14. The minimum absolute atomic E-state index is 0.204. The van der Waals surface area contributed by atoms with Gasteiger partial charge in [0.1, 0.15) is 11.6 Å². The Morgan fingerprint density at radius 3 is 2.50 bits per heavy atom. The maximum absolute atomic E-state index is 13.3. The molecule has 3 aromatic rings. The molecule has 0 aliphatic carbocycles. The number of hydrogen-bond donors (Lipinski definition) is 1. The minimum atomic E-state index is -0.730. The zero-order chi connectivity index (χ0) is 19.9. The Bertz CT molecular complexity index is 922. The number of furan rings is 1. The van der Waals surface area contributed by atoms with Gasteiger partial charge in [-0.2, -0.15) is 4.57 Å². The number of Topliss-reactive ketones (excluding diaryl/α,β-unsaturated/α-hetero) is 1. The molecule has 0 unspecified atom stereocenters. The molecule has 0 aliphatic heterocycles. The van der Waals surface area contributed by atoms with Crippen LogP contribution in [0, 0.1) is 5.82 Å². The summed E-state index contributed by atoms with van der Waals surface area (Å²) < 4.78 is 20.4.